The smallest absolute Gasteiger partial charge is 0.133 e. The summed E-state index contributed by atoms with van der Waals surface area (Å²) in [6.07, 6.45) is 0. The molecule has 0 atom stereocenters. The van der Waals surface area contributed by atoms with E-state index < -0.39 is 0 Å². The highest BCUT2D eigenvalue weighted by atomic mass is 79.9. The summed E-state index contributed by atoms with van der Waals surface area (Å²) in [6.45, 7) is 5.17. The molecule has 4 heteroatoms. The zero-order valence-corrected chi connectivity index (χ0v) is 13.1. The lowest BCUT2D eigenvalue weighted by Gasteiger charge is -2.09. The quantitative estimate of drug-likeness (QED) is 0.875. The van der Waals surface area contributed by atoms with Crippen LogP contribution in [0.1, 0.15) is 15.3 Å². The van der Waals surface area contributed by atoms with Crippen molar-refractivity contribution in [3.05, 3.63) is 44.1 Å². The Balaban J connectivity index is 2.06. The minimum Gasteiger partial charge on any atom is -0.496 e. The fraction of sp³-hybridized carbons (Fsp3) is 0.286. The van der Waals surface area contributed by atoms with Gasteiger partial charge in [0.2, 0.25) is 0 Å². The lowest BCUT2D eigenvalue weighted by atomic mass is 10.2. The van der Waals surface area contributed by atoms with Crippen molar-refractivity contribution >= 4 is 33.0 Å². The van der Waals surface area contributed by atoms with Crippen LogP contribution in [0.15, 0.2) is 28.7 Å². The van der Waals surface area contributed by atoms with Crippen molar-refractivity contribution in [2.75, 3.05) is 12.4 Å². The number of hydrogen-bond acceptors (Lipinski definition) is 3. The Kier molecular flexibility index (Phi) is 4.30. The first-order valence-corrected chi connectivity index (χ1v) is 7.34. The van der Waals surface area contributed by atoms with Crippen LogP contribution >= 0.6 is 27.3 Å². The summed E-state index contributed by atoms with van der Waals surface area (Å²) < 4.78 is 6.18. The highest BCUT2D eigenvalue weighted by molar-refractivity contribution is 9.10. The zero-order valence-electron chi connectivity index (χ0n) is 10.7. The number of rotatable bonds is 4. The number of nitrogens with one attached hydrogen (secondary N) is 1. The van der Waals surface area contributed by atoms with Gasteiger partial charge in [-0.15, -0.1) is 11.3 Å². The van der Waals surface area contributed by atoms with Gasteiger partial charge in [0, 0.05) is 22.0 Å². The normalized spacial score (nSPS) is 10.4. The number of aryl methyl sites for hydroxylation is 2. The fourth-order valence-electron chi connectivity index (χ4n) is 1.83. The summed E-state index contributed by atoms with van der Waals surface area (Å²) in [5.74, 6) is 0.850. The van der Waals surface area contributed by atoms with E-state index >= 15 is 0 Å². The van der Waals surface area contributed by atoms with E-state index in [9.17, 15) is 0 Å². The molecule has 2 nitrogen and oxygen atoms in total. The Morgan fingerprint density at radius 3 is 2.61 bits per heavy atom. The second-order valence-corrected chi connectivity index (χ2v) is 6.46. The number of thiophene rings is 1. The minimum absolute atomic E-state index is 0.850. The molecule has 18 heavy (non-hydrogen) atoms. The molecule has 0 radical (unpaired) electrons. The van der Waals surface area contributed by atoms with Gasteiger partial charge in [-0.05, 0) is 59.6 Å². The summed E-state index contributed by atoms with van der Waals surface area (Å²) in [5.41, 5.74) is 2.45. The van der Waals surface area contributed by atoms with E-state index in [4.69, 9.17) is 4.74 Å². The van der Waals surface area contributed by atoms with E-state index in [-0.39, 0.29) is 0 Å². The van der Waals surface area contributed by atoms with E-state index in [1.807, 2.05) is 29.5 Å². The Hall–Kier alpha value is -1.00. The maximum atomic E-state index is 5.21. The van der Waals surface area contributed by atoms with Gasteiger partial charge in [0.15, 0.2) is 0 Å². The predicted octanol–water partition coefficient (Wildman–Crippen LogP) is 4.75. The standard InChI is InChI=1S/C14H16BrNOS/c1-9-6-11(10(2)18-9)8-16-12-4-5-14(17-3)13(15)7-12/h4-7,16H,8H2,1-3H3. The van der Waals surface area contributed by atoms with Gasteiger partial charge in [-0.3, -0.25) is 0 Å². The van der Waals surface area contributed by atoms with Crippen LogP contribution in [0.5, 0.6) is 5.75 Å². The van der Waals surface area contributed by atoms with Gasteiger partial charge in [-0.1, -0.05) is 0 Å². The molecule has 0 unspecified atom stereocenters. The molecule has 1 N–H and O–H groups in total. The van der Waals surface area contributed by atoms with Crippen molar-refractivity contribution < 1.29 is 4.74 Å². The van der Waals surface area contributed by atoms with Crippen molar-refractivity contribution in [3.8, 4) is 5.75 Å². The number of methoxy groups -OCH3 is 1. The first kappa shape index (κ1) is 13.4. The lowest BCUT2D eigenvalue weighted by Crippen LogP contribution is -1.99. The number of halogens is 1. The van der Waals surface area contributed by atoms with Crippen molar-refractivity contribution in [2.45, 2.75) is 20.4 Å². The lowest BCUT2D eigenvalue weighted by molar-refractivity contribution is 0.412. The Labute approximate surface area is 120 Å². The number of hydrogen-bond donors (Lipinski definition) is 1. The van der Waals surface area contributed by atoms with E-state index in [1.165, 1.54) is 15.3 Å². The SMILES string of the molecule is COc1ccc(NCc2cc(C)sc2C)cc1Br. The molecule has 2 aromatic rings. The maximum absolute atomic E-state index is 5.21. The number of ether oxygens (including phenoxy) is 1. The number of benzene rings is 1. The highest BCUT2D eigenvalue weighted by Crippen LogP contribution is 2.28. The molecular weight excluding hydrogens is 310 g/mol. The molecule has 1 aromatic heterocycles. The Bertz CT molecular complexity index is 551. The van der Waals surface area contributed by atoms with E-state index in [1.54, 1.807) is 7.11 Å². The van der Waals surface area contributed by atoms with Crippen LogP contribution in [0.25, 0.3) is 0 Å². The van der Waals surface area contributed by atoms with Crippen molar-refractivity contribution in [2.24, 2.45) is 0 Å². The van der Waals surface area contributed by atoms with Gasteiger partial charge in [0.25, 0.3) is 0 Å². The molecule has 0 bridgehead atoms. The maximum Gasteiger partial charge on any atom is 0.133 e. The van der Waals surface area contributed by atoms with Crippen LogP contribution in [0.4, 0.5) is 5.69 Å². The molecule has 1 heterocycles. The van der Waals surface area contributed by atoms with E-state index in [0.29, 0.717) is 0 Å². The van der Waals surface area contributed by atoms with Gasteiger partial charge >= 0.3 is 0 Å². The molecule has 96 valence electrons. The van der Waals surface area contributed by atoms with Crippen molar-refractivity contribution in [1.29, 1.82) is 0 Å². The topological polar surface area (TPSA) is 21.3 Å². The molecule has 0 aliphatic rings. The summed E-state index contributed by atoms with van der Waals surface area (Å²) in [5, 5.41) is 3.43. The number of anilines is 1. The van der Waals surface area contributed by atoms with E-state index in [0.717, 1.165) is 22.5 Å². The zero-order chi connectivity index (χ0) is 13.1. The summed E-state index contributed by atoms with van der Waals surface area (Å²) in [6, 6.07) is 8.26. The third-order valence-electron chi connectivity index (χ3n) is 2.78. The van der Waals surface area contributed by atoms with Crippen LogP contribution < -0.4 is 10.1 Å². The van der Waals surface area contributed by atoms with Crippen LogP contribution in [-0.4, -0.2) is 7.11 Å². The van der Waals surface area contributed by atoms with Crippen molar-refractivity contribution in [3.63, 3.8) is 0 Å². The van der Waals surface area contributed by atoms with Gasteiger partial charge in [-0.25, -0.2) is 0 Å². The monoisotopic (exact) mass is 325 g/mol. The van der Waals surface area contributed by atoms with Gasteiger partial charge in [0.1, 0.15) is 5.75 Å². The molecule has 1 aromatic carbocycles. The molecule has 0 amide bonds. The van der Waals surface area contributed by atoms with Gasteiger partial charge in [-0.2, -0.15) is 0 Å². The van der Waals surface area contributed by atoms with Crippen molar-refractivity contribution in [1.82, 2.24) is 0 Å². The average molecular weight is 326 g/mol. The minimum atomic E-state index is 0.850. The summed E-state index contributed by atoms with van der Waals surface area (Å²) in [4.78, 5) is 2.74. The molecule has 0 fully saturated rings. The largest absolute Gasteiger partial charge is 0.496 e. The van der Waals surface area contributed by atoms with Gasteiger partial charge < -0.3 is 10.1 Å². The third kappa shape index (κ3) is 3.06. The molecule has 0 saturated heterocycles. The molecule has 0 aliphatic heterocycles. The molecule has 0 spiro atoms. The van der Waals surface area contributed by atoms with Crippen LogP contribution in [0.2, 0.25) is 0 Å². The highest BCUT2D eigenvalue weighted by Gasteiger charge is 2.04. The Morgan fingerprint density at radius 2 is 2.06 bits per heavy atom. The second-order valence-electron chi connectivity index (χ2n) is 4.14. The van der Waals surface area contributed by atoms with E-state index in [2.05, 4.69) is 41.2 Å². The summed E-state index contributed by atoms with van der Waals surface area (Å²) >= 11 is 5.33. The third-order valence-corrected chi connectivity index (χ3v) is 4.41. The first-order chi connectivity index (χ1) is 8.60. The fourth-order valence-corrected chi connectivity index (χ4v) is 3.32. The average Bonchev–Trinajstić information content (AvgIpc) is 2.65. The molecule has 0 saturated carbocycles. The summed E-state index contributed by atoms with van der Waals surface area (Å²) in [7, 11) is 1.67. The van der Waals surface area contributed by atoms with Crippen LogP contribution in [0, 0.1) is 13.8 Å². The molecule has 2 rings (SSSR count). The predicted molar refractivity (Wildman–Crippen MR) is 81.8 cm³/mol. The van der Waals surface area contributed by atoms with Crippen LogP contribution in [-0.2, 0) is 6.54 Å². The first-order valence-electron chi connectivity index (χ1n) is 5.73. The molecule has 0 aliphatic carbocycles. The molecular formula is C14H16BrNOS. The van der Waals surface area contributed by atoms with Gasteiger partial charge in [0.05, 0.1) is 11.6 Å². The second kappa shape index (κ2) is 5.76. The van der Waals surface area contributed by atoms with Crippen LogP contribution in [0.3, 0.4) is 0 Å². The Morgan fingerprint density at radius 1 is 1.28 bits per heavy atom.